The average molecular weight is 369 g/mol. The van der Waals surface area contributed by atoms with Crippen molar-refractivity contribution in [1.29, 1.82) is 0 Å². The fourth-order valence-corrected chi connectivity index (χ4v) is 3.01. The molecule has 0 saturated carbocycles. The van der Waals surface area contributed by atoms with Gasteiger partial charge in [0.1, 0.15) is 0 Å². The lowest BCUT2D eigenvalue weighted by Crippen LogP contribution is -2.38. The van der Waals surface area contributed by atoms with Gasteiger partial charge in [-0.05, 0) is 17.5 Å². The van der Waals surface area contributed by atoms with Crippen LogP contribution in [0.25, 0.3) is 0 Å². The highest BCUT2D eigenvalue weighted by atomic mass is 16.5. The molecule has 0 unspecified atom stereocenters. The van der Waals surface area contributed by atoms with Gasteiger partial charge in [-0.3, -0.25) is 9.59 Å². The lowest BCUT2D eigenvalue weighted by Gasteiger charge is -2.28. The number of hydrogen-bond acceptors (Lipinski definition) is 4. The number of rotatable bonds is 10. The number of esters is 1. The van der Waals surface area contributed by atoms with Crippen LogP contribution in [0.5, 0.6) is 0 Å². The van der Waals surface area contributed by atoms with Crippen molar-refractivity contribution in [2.45, 2.75) is 18.8 Å². The summed E-state index contributed by atoms with van der Waals surface area (Å²) >= 11 is 0. The number of hydrogen-bond donors (Lipinski definition) is 0. The zero-order chi connectivity index (χ0) is 19.5. The lowest BCUT2D eigenvalue weighted by molar-refractivity contribution is -0.141. The molecule has 0 bridgehead atoms. The van der Waals surface area contributed by atoms with Gasteiger partial charge >= 0.3 is 5.97 Å². The van der Waals surface area contributed by atoms with E-state index in [1.807, 2.05) is 60.7 Å². The van der Waals surface area contributed by atoms with Crippen molar-refractivity contribution >= 4 is 11.9 Å². The third-order valence-electron chi connectivity index (χ3n) is 4.41. The van der Waals surface area contributed by atoms with Gasteiger partial charge in [-0.15, -0.1) is 0 Å². The predicted molar refractivity (Wildman–Crippen MR) is 104 cm³/mol. The van der Waals surface area contributed by atoms with Gasteiger partial charge in [-0.25, -0.2) is 0 Å². The highest BCUT2D eigenvalue weighted by Crippen LogP contribution is 2.27. The Labute approximate surface area is 160 Å². The van der Waals surface area contributed by atoms with E-state index in [9.17, 15) is 9.59 Å². The number of benzene rings is 2. The molecule has 5 nitrogen and oxygen atoms in total. The van der Waals surface area contributed by atoms with Crippen molar-refractivity contribution in [2.24, 2.45) is 0 Å². The smallest absolute Gasteiger partial charge is 0.307 e. The van der Waals surface area contributed by atoms with Gasteiger partial charge in [0.05, 0.1) is 19.4 Å². The third-order valence-corrected chi connectivity index (χ3v) is 4.41. The molecule has 2 aromatic rings. The number of ether oxygens (including phenoxy) is 2. The molecule has 0 atom stereocenters. The molecule has 2 aromatic carbocycles. The first-order valence-electron chi connectivity index (χ1n) is 9.11. The van der Waals surface area contributed by atoms with Gasteiger partial charge < -0.3 is 14.4 Å². The quantitative estimate of drug-likeness (QED) is 0.477. The molecule has 27 heavy (non-hydrogen) atoms. The average Bonchev–Trinajstić information content (AvgIpc) is 2.72. The third kappa shape index (κ3) is 6.22. The number of carbonyl (C=O) groups is 2. The molecule has 5 heteroatoms. The van der Waals surface area contributed by atoms with E-state index in [-0.39, 0.29) is 18.3 Å². The Hall–Kier alpha value is -2.66. The number of carbonyl (C=O) groups excluding carboxylic acids is 2. The molecular formula is C22H27NO4. The molecule has 0 saturated heterocycles. The molecule has 1 amide bonds. The Morgan fingerprint density at radius 1 is 0.889 bits per heavy atom. The largest absolute Gasteiger partial charge is 0.469 e. The van der Waals surface area contributed by atoms with Crippen LogP contribution in [0.15, 0.2) is 60.7 Å². The minimum absolute atomic E-state index is 0.0209. The summed E-state index contributed by atoms with van der Waals surface area (Å²) in [6.45, 7) is 1.41. The van der Waals surface area contributed by atoms with Crippen LogP contribution in [0.2, 0.25) is 0 Å². The van der Waals surface area contributed by atoms with Crippen molar-refractivity contribution in [2.75, 3.05) is 33.9 Å². The number of nitrogens with zero attached hydrogens (tertiary/aromatic N) is 1. The van der Waals surface area contributed by atoms with Gasteiger partial charge in [0, 0.05) is 26.8 Å². The molecule has 0 N–H and O–H groups in total. The topological polar surface area (TPSA) is 55.8 Å². The van der Waals surface area contributed by atoms with Gasteiger partial charge in [0.2, 0.25) is 5.91 Å². The molecule has 0 aliphatic heterocycles. The van der Waals surface area contributed by atoms with E-state index in [1.165, 1.54) is 7.11 Å². The van der Waals surface area contributed by atoms with E-state index < -0.39 is 5.92 Å². The molecule has 0 fully saturated rings. The molecule has 0 aliphatic carbocycles. The maximum atomic E-state index is 13.5. The van der Waals surface area contributed by atoms with Crippen LogP contribution in [0.3, 0.4) is 0 Å². The molecular weight excluding hydrogens is 342 g/mol. The molecule has 144 valence electrons. The molecule has 0 radical (unpaired) electrons. The Kier molecular flexibility index (Phi) is 8.52. The van der Waals surface area contributed by atoms with Gasteiger partial charge in [-0.1, -0.05) is 60.7 Å². The second-order valence-electron chi connectivity index (χ2n) is 6.25. The van der Waals surface area contributed by atoms with Crippen molar-refractivity contribution < 1.29 is 19.1 Å². The summed E-state index contributed by atoms with van der Waals surface area (Å²) in [6.07, 6.45) is 0.880. The molecule has 0 spiro atoms. The summed E-state index contributed by atoms with van der Waals surface area (Å²) < 4.78 is 9.85. The van der Waals surface area contributed by atoms with E-state index in [4.69, 9.17) is 9.47 Å². The fourth-order valence-electron chi connectivity index (χ4n) is 3.01. The first kappa shape index (κ1) is 20.6. The van der Waals surface area contributed by atoms with Crippen molar-refractivity contribution in [3.63, 3.8) is 0 Å². The molecule has 2 rings (SSSR count). The van der Waals surface area contributed by atoms with E-state index in [0.717, 1.165) is 11.1 Å². The summed E-state index contributed by atoms with van der Waals surface area (Å²) in [5.41, 5.74) is 1.87. The van der Waals surface area contributed by atoms with Crippen LogP contribution in [-0.4, -0.2) is 50.7 Å². The van der Waals surface area contributed by atoms with Crippen LogP contribution in [-0.2, 0) is 19.1 Å². The highest BCUT2D eigenvalue weighted by molar-refractivity contribution is 5.87. The first-order chi connectivity index (χ1) is 13.2. The van der Waals surface area contributed by atoms with Crippen molar-refractivity contribution in [3.8, 4) is 0 Å². The minimum Gasteiger partial charge on any atom is -0.469 e. The van der Waals surface area contributed by atoms with Gasteiger partial charge in [-0.2, -0.15) is 0 Å². The summed E-state index contributed by atoms with van der Waals surface area (Å²) in [4.78, 5) is 26.8. The van der Waals surface area contributed by atoms with Gasteiger partial charge in [0.25, 0.3) is 0 Å². The monoisotopic (exact) mass is 369 g/mol. The predicted octanol–water partition coefficient (Wildman–Crippen LogP) is 3.25. The Bertz CT molecular complexity index is 663. The summed E-state index contributed by atoms with van der Waals surface area (Å²) in [5, 5.41) is 0. The Morgan fingerprint density at radius 2 is 1.44 bits per heavy atom. The van der Waals surface area contributed by atoms with Gasteiger partial charge in [0.15, 0.2) is 0 Å². The second-order valence-corrected chi connectivity index (χ2v) is 6.25. The van der Waals surface area contributed by atoms with Crippen LogP contribution in [0, 0.1) is 0 Å². The minimum atomic E-state index is -0.410. The van der Waals surface area contributed by atoms with Crippen LogP contribution in [0.1, 0.15) is 29.9 Å². The SMILES string of the molecule is COCCCN(CCC(=O)OC)C(=O)C(c1ccccc1)c1ccccc1. The standard InChI is InChI=1S/C22H27NO4/c1-26-17-9-15-23(16-14-20(24)27-2)22(25)21(18-10-5-3-6-11-18)19-12-7-4-8-13-19/h3-8,10-13,21H,9,14-17H2,1-2H3. The summed E-state index contributed by atoms with van der Waals surface area (Å²) in [6, 6.07) is 19.4. The molecule has 0 heterocycles. The van der Waals surface area contributed by atoms with E-state index in [0.29, 0.717) is 26.1 Å². The number of amides is 1. The molecule has 0 aliphatic rings. The van der Waals surface area contributed by atoms with E-state index in [1.54, 1.807) is 12.0 Å². The summed E-state index contributed by atoms with van der Waals surface area (Å²) in [7, 11) is 2.99. The van der Waals surface area contributed by atoms with Crippen LogP contribution >= 0.6 is 0 Å². The molecule has 0 aromatic heterocycles. The van der Waals surface area contributed by atoms with E-state index >= 15 is 0 Å². The Morgan fingerprint density at radius 3 is 1.93 bits per heavy atom. The van der Waals surface area contributed by atoms with Crippen molar-refractivity contribution in [3.05, 3.63) is 71.8 Å². The normalized spacial score (nSPS) is 10.6. The van der Waals surface area contributed by atoms with Crippen LogP contribution < -0.4 is 0 Å². The lowest BCUT2D eigenvalue weighted by atomic mass is 9.90. The number of methoxy groups -OCH3 is 2. The zero-order valence-corrected chi connectivity index (χ0v) is 16.0. The fraction of sp³-hybridized carbons (Fsp3) is 0.364. The van der Waals surface area contributed by atoms with Crippen molar-refractivity contribution in [1.82, 2.24) is 4.90 Å². The zero-order valence-electron chi connectivity index (χ0n) is 16.0. The highest BCUT2D eigenvalue weighted by Gasteiger charge is 2.27. The van der Waals surface area contributed by atoms with E-state index in [2.05, 4.69) is 0 Å². The summed E-state index contributed by atoms with van der Waals surface area (Å²) in [5.74, 6) is -0.754. The maximum Gasteiger partial charge on any atom is 0.307 e. The maximum absolute atomic E-state index is 13.5. The first-order valence-corrected chi connectivity index (χ1v) is 9.11. The van der Waals surface area contributed by atoms with Crippen LogP contribution in [0.4, 0.5) is 0 Å². The Balaban J connectivity index is 2.28. The second kappa shape index (κ2) is 11.1.